The fraction of sp³-hybridized carbons (Fsp3) is 0.438. The summed E-state index contributed by atoms with van der Waals surface area (Å²) in [5.74, 6) is -1.43. The summed E-state index contributed by atoms with van der Waals surface area (Å²) in [5, 5.41) is 21.6. The topological polar surface area (TPSA) is 164 Å². The Morgan fingerprint density at radius 1 is 1.04 bits per heavy atom. The Morgan fingerprint density at radius 3 is 2.14 bits per heavy atom. The van der Waals surface area contributed by atoms with Crippen LogP contribution in [0.1, 0.15) is 13.8 Å². The third-order valence-electron chi connectivity index (χ3n) is 3.53. The normalized spacial score (nSPS) is 23.9. The number of carbonyl (C=O) groups is 3. The predicted molar refractivity (Wildman–Crippen MR) is 84.8 cm³/mol. The van der Waals surface area contributed by atoms with Gasteiger partial charge in [-0.15, -0.1) is 0 Å². The number of non-ortho nitro benzene ring substituents is 1. The number of carboxylic acid groups (broad SMARTS) is 1. The molecule has 0 aliphatic carbocycles. The first kappa shape index (κ1) is 20.9. The molecular weight excluding hydrogens is 382 g/mol. The molecule has 152 valence electrons. The van der Waals surface area contributed by atoms with Gasteiger partial charge in [-0.1, -0.05) is 0 Å². The fourth-order valence-electron chi connectivity index (χ4n) is 2.51. The van der Waals surface area contributed by atoms with E-state index in [2.05, 4.69) is 4.74 Å². The van der Waals surface area contributed by atoms with Crippen LogP contribution < -0.4 is 9.84 Å². The summed E-state index contributed by atoms with van der Waals surface area (Å²) in [7, 11) is 0. The quantitative estimate of drug-likeness (QED) is 0.272. The van der Waals surface area contributed by atoms with E-state index in [1.165, 1.54) is 24.3 Å². The van der Waals surface area contributed by atoms with E-state index in [-0.39, 0.29) is 18.0 Å². The zero-order chi connectivity index (χ0) is 20.8. The van der Waals surface area contributed by atoms with Crippen LogP contribution in [-0.2, 0) is 28.5 Å². The highest BCUT2D eigenvalue weighted by Gasteiger charge is 2.45. The maximum Gasteiger partial charge on any atom is 0.303 e. The van der Waals surface area contributed by atoms with E-state index in [0.29, 0.717) is 0 Å². The summed E-state index contributed by atoms with van der Waals surface area (Å²) in [5.41, 5.74) is -0.179. The van der Waals surface area contributed by atoms with Crippen molar-refractivity contribution in [3.8, 4) is 5.75 Å². The molecule has 0 radical (unpaired) electrons. The monoisotopic (exact) mass is 398 g/mol. The molecule has 1 aromatic rings. The molecule has 1 aromatic carbocycles. The van der Waals surface area contributed by atoms with Crippen molar-refractivity contribution >= 4 is 23.8 Å². The molecule has 1 aliphatic heterocycles. The van der Waals surface area contributed by atoms with Gasteiger partial charge in [0.15, 0.2) is 6.10 Å². The van der Waals surface area contributed by atoms with Gasteiger partial charge in [0.25, 0.3) is 11.8 Å². The second kappa shape index (κ2) is 8.99. The molecule has 1 aliphatic rings. The van der Waals surface area contributed by atoms with Crippen LogP contribution >= 0.6 is 0 Å². The second-order valence-electron chi connectivity index (χ2n) is 5.62. The summed E-state index contributed by atoms with van der Waals surface area (Å²) in [6.07, 6.45) is -7.41. The molecule has 28 heavy (non-hydrogen) atoms. The van der Waals surface area contributed by atoms with Gasteiger partial charge in [0.1, 0.15) is 18.0 Å². The van der Waals surface area contributed by atoms with E-state index in [1.54, 1.807) is 0 Å². The molecule has 0 amide bonds. The molecule has 1 heterocycles. The number of hydrogen-bond donors (Lipinski definition) is 0. The first-order valence-corrected chi connectivity index (χ1v) is 7.92. The lowest BCUT2D eigenvalue weighted by atomic mass is 10.0. The van der Waals surface area contributed by atoms with Crippen molar-refractivity contribution in [2.75, 3.05) is 6.61 Å². The Kier molecular flexibility index (Phi) is 6.71. The van der Waals surface area contributed by atoms with Crippen LogP contribution in [0.2, 0.25) is 0 Å². The maximum atomic E-state index is 11.5. The van der Waals surface area contributed by atoms with Crippen LogP contribution in [0.15, 0.2) is 24.3 Å². The molecule has 0 bridgehead atoms. The summed E-state index contributed by atoms with van der Waals surface area (Å²) < 4.78 is 25.6. The standard InChI is InChI=1S/C16H17NO11/c1-8(18)25-12-7-24-15(14(26-9(2)19)13(12)28-16(20)21)27-11-5-3-10(4-6-11)17(22)23/h3-6,12-15H,7H2,1-2H3,(H,20,21)/p-1/t12-,13+,14-,15?/m1/s1. The third kappa shape index (κ3) is 5.54. The Hall–Kier alpha value is -3.41. The second-order valence-corrected chi connectivity index (χ2v) is 5.62. The van der Waals surface area contributed by atoms with E-state index in [1.807, 2.05) is 0 Å². The van der Waals surface area contributed by atoms with E-state index >= 15 is 0 Å². The first-order chi connectivity index (χ1) is 13.2. The number of esters is 2. The smallest absolute Gasteiger partial charge is 0.303 e. The van der Waals surface area contributed by atoms with Gasteiger partial charge in [0, 0.05) is 26.0 Å². The number of nitro groups is 1. The molecule has 12 heteroatoms. The van der Waals surface area contributed by atoms with Crippen LogP contribution in [-0.4, -0.2) is 54.2 Å². The van der Waals surface area contributed by atoms with Crippen molar-refractivity contribution in [2.45, 2.75) is 38.4 Å². The molecule has 0 saturated carbocycles. The van der Waals surface area contributed by atoms with Gasteiger partial charge >= 0.3 is 11.9 Å². The summed E-state index contributed by atoms with van der Waals surface area (Å²) in [4.78, 5) is 43.7. The van der Waals surface area contributed by atoms with Crippen LogP contribution in [0.25, 0.3) is 0 Å². The number of ether oxygens (including phenoxy) is 5. The molecule has 1 unspecified atom stereocenters. The van der Waals surface area contributed by atoms with Crippen molar-refractivity contribution in [1.29, 1.82) is 0 Å². The zero-order valence-corrected chi connectivity index (χ0v) is 14.8. The van der Waals surface area contributed by atoms with Crippen molar-refractivity contribution in [2.24, 2.45) is 0 Å². The molecular formula is C16H16NO11-. The molecule has 1 saturated heterocycles. The third-order valence-corrected chi connectivity index (χ3v) is 3.53. The van der Waals surface area contributed by atoms with Gasteiger partial charge in [-0.2, -0.15) is 0 Å². The van der Waals surface area contributed by atoms with Crippen LogP contribution in [0, 0.1) is 10.1 Å². The van der Waals surface area contributed by atoms with Crippen LogP contribution in [0.5, 0.6) is 5.75 Å². The number of hydrogen-bond acceptors (Lipinski definition) is 11. The average molecular weight is 398 g/mol. The van der Waals surface area contributed by atoms with Crippen LogP contribution in [0.3, 0.4) is 0 Å². The van der Waals surface area contributed by atoms with Crippen molar-refractivity contribution in [3.63, 3.8) is 0 Å². The number of nitro benzene ring substituents is 1. The van der Waals surface area contributed by atoms with E-state index in [0.717, 1.165) is 13.8 Å². The number of rotatable bonds is 6. The highest BCUT2D eigenvalue weighted by Crippen LogP contribution is 2.27. The predicted octanol–water partition coefficient (Wildman–Crippen LogP) is -0.0782. The van der Waals surface area contributed by atoms with Gasteiger partial charge in [-0.05, 0) is 12.1 Å². The minimum absolute atomic E-state index is 0.117. The van der Waals surface area contributed by atoms with E-state index < -0.39 is 47.6 Å². The lowest BCUT2D eigenvalue weighted by Crippen LogP contribution is -2.59. The van der Waals surface area contributed by atoms with Crippen molar-refractivity contribution in [1.82, 2.24) is 0 Å². The Bertz CT molecular complexity index is 747. The SMILES string of the molecule is CC(=O)O[C@@H]1COC(Oc2ccc([N+](=O)[O-])cc2)[C@H](OC(C)=O)[C@H]1OC(=O)[O-]. The average Bonchev–Trinajstić information content (AvgIpc) is 2.59. The van der Waals surface area contributed by atoms with Crippen molar-refractivity contribution < 1.29 is 48.1 Å². The van der Waals surface area contributed by atoms with E-state index in [9.17, 15) is 29.6 Å². The molecule has 0 N–H and O–H groups in total. The highest BCUT2D eigenvalue weighted by molar-refractivity contribution is 5.67. The summed E-state index contributed by atoms with van der Waals surface area (Å²) >= 11 is 0. The van der Waals surface area contributed by atoms with Gasteiger partial charge in [0.05, 0.1) is 11.5 Å². The Morgan fingerprint density at radius 2 is 1.64 bits per heavy atom. The molecule has 0 aromatic heterocycles. The largest absolute Gasteiger partial charge is 0.538 e. The minimum Gasteiger partial charge on any atom is -0.538 e. The lowest BCUT2D eigenvalue weighted by molar-refractivity contribution is -0.384. The molecule has 4 atom stereocenters. The molecule has 2 rings (SSSR count). The summed E-state index contributed by atoms with van der Waals surface area (Å²) in [6.45, 7) is 1.83. The number of benzene rings is 1. The number of carbonyl (C=O) groups excluding carboxylic acids is 3. The van der Waals surface area contributed by atoms with Gasteiger partial charge in [-0.25, -0.2) is 0 Å². The maximum absolute atomic E-state index is 11.5. The zero-order valence-electron chi connectivity index (χ0n) is 14.8. The Labute approximate surface area is 158 Å². The van der Waals surface area contributed by atoms with Gasteiger partial charge in [-0.3, -0.25) is 19.7 Å². The molecule has 0 spiro atoms. The first-order valence-electron chi connectivity index (χ1n) is 7.92. The number of nitrogens with zero attached hydrogens (tertiary/aromatic N) is 1. The highest BCUT2D eigenvalue weighted by atomic mass is 16.7. The van der Waals surface area contributed by atoms with E-state index in [4.69, 9.17) is 18.9 Å². The Balaban J connectivity index is 2.25. The van der Waals surface area contributed by atoms with Crippen molar-refractivity contribution in [3.05, 3.63) is 34.4 Å². The van der Waals surface area contributed by atoms with Crippen LogP contribution in [0.4, 0.5) is 10.5 Å². The molecule has 1 fully saturated rings. The molecule has 12 nitrogen and oxygen atoms in total. The fourth-order valence-corrected chi connectivity index (χ4v) is 2.51. The van der Waals surface area contributed by atoms with Gasteiger partial charge < -0.3 is 33.6 Å². The summed E-state index contributed by atoms with van der Waals surface area (Å²) in [6, 6.07) is 4.91. The minimum atomic E-state index is -1.93. The lowest BCUT2D eigenvalue weighted by Gasteiger charge is -2.42. The van der Waals surface area contributed by atoms with Gasteiger partial charge in [0.2, 0.25) is 6.29 Å².